The molecule has 1 aromatic carbocycles. The van der Waals surface area contributed by atoms with Crippen molar-refractivity contribution in [3.63, 3.8) is 0 Å². The van der Waals surface area contributed by atoms with Crippen molar-refractivity contribution < 1.29 is 29.1 Å². The highest BCUT2D eigenvalue weighted by molar-refractivity contribution is 5.81. The van der Waals surface area contributed by atoms with Crippen LogP contribution in [-0.2, 0) is 16.0 Å². The van der Waals surface area contributed by atoms with E-state index in [1.807, 2.05) is 0 Å². The number of carbonyl (C=O) groups is 2. The van der Waals surface area contributed by atoms with Crippen LogP contribution in [0.4, 0.5) is 10.5 Å². The molecule has 182 valence electrons. The fourth-order valence-corrected chi connectivity index (χ4v) is 3.31. The van der Waals surface area contributed by atoms with Gasteiger partial charge in [-0.15, -0.1) is 0 Å². The zero-order chi connectivity index (χ0) is 24.9. The van der Waals surface area contributed by atoms with Gasteiger partial charge < -0.3 is 24.4 Å². The van der Waals surface area contributed by atoms with Gasteiger partial charge in [-0.3, -0.25) is 14.9 Å². The van der Waals surface area contributed by atoms with E-state index in [-0.39, 0.29) is 23.9 Å². The number of ether oxygens (including phenoxy) is 2. The molecule has 0 saturated carbocycles. The normalized spacial score (nSPS) is 14.9. The molecule has 1 N–H and O–H groups in total. The lowest BCUT2D eigenvalue weighted by Gasteiger charge is -2.36. The minimum Gasteiger partial charge on any atom is -0.444 e. The number of hydrogen-bond donors (Lipinski definition) is 1. The lowest BCUT2D eigenvalue weighted by Crippen LogP contribution is -2.53. The molecule has 2 amide bonds. The molecule has 11 heteroatoms. The zero-order valence-electron chi connectivity index (χ0n) is 19.3. The van der Waals surface area contributed by atoms with Crippen LogP contribution in [0, 0.1) is 10.1 Å². The Labute approximate surface area is 197 Å². The van der Waals surface area contributed by atoms with Crippen molar-refractivity contribution in [3.8, 4) is 11.6 Å². The Kier molecular flexibility index (Phi) is 7.67. The summed E-state index contributed by atoms with van der Waals surface area (Å²) in [4.78, 5) is 41.9. The van der Waals surface area contributed by atoms with Crippen LogP contribution in [-0.4, -0.2) is 74.7 Å². The van der Waals surface area contributed by atoms with Gasteiger partial charge in [-0.2, -0.15) is 0 Å². The molecule has 1 atom stereocenters. The van der Waals surface area contributed by atoms with E-state index in [2.05, 4.69) is 4.98 Å². The molecule has 2 heterocycles. The highest BCUT2D eigenvalue weighted by Crippen LogP contribution is 2.22. The van der Waals surface area contributed by atoms with Crippen molar-refractivity contribution in [3.05, 3.63) is 58.3 Å². The Morgan fingerprint density at radius 1 is 1.09 bits per heavy atom. The first-order chi connectivity index (χ1) is 16.0. The quantitative estimate of drug-likeness (QED) is 0.501. The van der Waals surface area contributed by atoms with Crippen LogP contribution in [0.5, 0.6) is 11.6 Å². The third-order valence-electron chi connectivity index (χ3n) is 5.03. The molecule has 0 aliphatic carbocycles. The summed E-state index contributed by atoms with van der Waals surface area (Å²) in [5.74, 6) is 0.280. The minimum atomic E-state index is -1.21. The van der Waals surface area contributed by atoms with E-state index in [9.17, 15) is 24.8 Å². The number of nitro groups is 1. The van der Waals surface area contributed by atoms with E-state index in [1.165, 1.54) is 12.1 Å². The number of aromatic nitrogens is 1. The van der Waals surface area contributed by atoms with Gasteiger partial charge in [0.15, 0.2) is 0 Å². The predicted octanol–water partition coefficient (Wildman–Crippen LogP) is 2.76. The summed E-state index contributed by atoms with van der Waals surface area (Å²) in [5.41, 5.74) is 0.0176. The number of piperazine rings is 1. The molecule has 11 nitrogen and oxygen atoms in total. The van der Waals surface area contributed by atoms with Crippen LogP contribution >= 0.6 is 0 Å². The molecule has 34 heavy (non-hydrogen) atoms. The van der Waals surface area contributed by atoms with Crippen LogP contribution in [0.25, 0.3) is 0 Å². The molecule has 3 rings (SSSR count). The van der Waals surface area contributed by atoms with Crippen molar-refractivity contribution in [2.75, 3.05) is 26.2 Å². The van der Waals surface area contributed by atoms with E-state index in [0.717, 1.165) is 11.8 Å². The van der Waals surface area contributed by atoms with Crippen molar-refractivity contribution >= 4 is 17.7 Å². The van der Waals surface area contributed by atoms with E-state index < -0.39 is 22.7 Å². The lowest BCUT2D eigenvalue weighted by molar-refractivity contribution is -0.385. The van der Waals surface area contributed by atoms with Gasteiger partial charge in [0, 0.05) is 44.7 Å². The van der Waals surface area contributed by atoms with E-state index in [0.29, 0.717) is 31.9 Å². The largest absolute Gasteiger partial charge is 0.444 e. The summed E-state index contributed by atoms with van der Waals surface area (Å²) < 4.78 is 10.9. The number of amides is 2. The number of rotatable bonds is 6. The fraction of sp³-hybridized carbons (Fsp3) is 0.435. The molecule has 0 radical (unpaired) electrons. The van der Waals surface area contributed by atoms with Gasteiger partial charge in [0.1, 0.15) is 23.7 Å². The topological polar surface area (TPSA) is 135 Å². The average Bonchev–Trinajstić information content (AvgIpc) is 2.79. The third kappa shape index (κ3) is 6.88. The summed E-state index contributed by atoms with van der Waals surface area (Å²) in [6.45, 7) is 6.73. The number of carbonyl (C=O) groups excluding carboxylic acids is 2. The molecule has 1 aliphatic rings. The Balaban J connectivity index is 1.48. The first-order valence-corrected chi connectivity index (χ1v) is 10.8. The SMILES string of the molecule is CC(C)(C)OC(=O)N1CCN(C(=O)C(O)Cc2ccc(Oc3ccc([N+](=O)[O-])cn3)cc2)CC1. The van der Waals surface area contributed by atoms with Crippen molar-refractivity contribution in [2.24, 2.45) is 0 Å². The maximum atomic E-state index is 12.7. The van der Waals surface area contributed by atoms with Gasteiger partial charge in [0.25, 0.3) is 11.6 Å². The van der Waals surface area contributed by atoms with Gasteiger partial charge in [-0.1, -0.05) is 12.1 Å². The molecule has 0 bridgehead atoms. The lowest BCUT2D eigenvalue weighted by atomic mass is 10.1. The Hall–Kier alpha value is -3.73. The molecule has 2 aromatic rings. The Bertz CT molecular complexity index is 1010. The molecule has 1 unspecified atom stereocenters. The number of nitrogens with zero attached hydrogens (tertiary/aromatic N) is 4. The first kappa shape index (κ1) is 24.9. The third-order valence-corrected chi connectivity index (χ3v) is 5.03. The average molecular weight is 472 g/mol. The molecule has 1 aromatic heterocycles. The van der Waals surface area contributed by atoms with E-state index in [4.69, 9.17) is 9.47 Å². The van der Waals surface area contributed by atoms with Crippen LogP contribution < -0.4 is 4.74 Å². The summed E-state index contributed by atoms with van der Waals surface area (Å²) in [6.07, 6.45) is -0.386. The zero-order valence-corrected chi connectivity index (χ0v) is 19.3. The maximum absolute atomic E-state index is 12.7. The van der Waals surface area contributed by atoms with Gasteiger partial charge in [-0.25, -0.2) is 9.78 Å². The highest BCUT2D eigenvalue weighted by Gasteiger charge is 2.30. The van der Waals surface area contributed by atoms with Crippen molar-refractivity contribution in [1.82, 2.24) is 14.8 Å². The van der Waals surface area contributed by atoms with Crippen LogP contribution in [0.2, 0.25) is 0 Å². The number of benzene rings is 1. The maximum Gasteiger partial charge on any atom is 0.410 e. The molecular formula is C23H28N4O7. The van der Waals surface area contributed by atoms with Crippen LogP contribution in [0.15, 0.2) is 42.6 Å². The second-order valence-corrected chi connectivity index (χ2v) is 8.87. The molecular weight excluding hydrogens is 444 g/mol. The predicted molar refractivity (Wildman–Crippen MR) is 122 cm³/mol. The summed E-state index contributed by atoms with van der Waals surface area (Å²) >= 11 is 0. The van der Waals surface area contributed by atoms with Gasteiger partial charge in [0.2, 0.25) is 5.88 Å². The van der Waals surface area contributed by atoms with Crippen molar-refractivity contribution in [2.45, 2.75) is 38.9 Å². The molecule has 1 aliphatic heterocycles. The second kappa shape index (κ2) is 10.5. The van der Waals surface area contributed by atoms with Gasteiger partial charge >= 0.3 is 6.09 Å². The van der Waals surface area contributed by atoms with Crippen LogP contribution in [0.3, 0.4) is 0 Å². The number of hydrogen-bond acceptors (Lipinski definition) is 8. The minimum absolute atomic E-state index is 0.126. The molecule has 1 saturated heterocycles. The number of aliphatic hydroxyl groups excluding tert-OH is 1. The summed E-state index contributed by atoms with van der Waals surface area (Å²) in [5, 5.41) is 21.1. The number of pyridine rings is 1. The van der Waals surface area contributed by atoms with E-state index in [1.54, 1.807) is 54.8 Å². The Morgan fingerprint density at radius 3 is 2.24 bits per heavy atom. The van der Waals surface area contributed by atoms with Crippen molar-refractivity contribution in [1.29, 1.82) is 0 Å². The highest BCUT2D eigenvalue weighted by atomic mass is 16.6. The fourth-order valence-electron chi connectivity index (χ4n) is 3.31. The second-order valence-electron chi connectivity index (χ2n) is 8.87. The van der Waals surface area contributed by atoms with Gasteiger partial charge in [0.05, 0.1) is 4.92 Å². The standard InChI is InChI=1S/C23H28N4O7/c1-23(2,3)34-22(30)26-12-10-25(11-13-26)21(29)19(28)14-16-4-7-18(8-5-16)33-20-9-6-17(15-24-20)27(31)32/h4-9,15,19,28H,10-14H2,1-3H3. The smallest absolute Gasteiger partial charge is 0.410 e. The number of aliphatic hydroxyl groups is 1. The monoisotopic (exact) mass is 472 g/mol. The van der Waals surface area contributed by atoms with Gasteiger partial charge in [-0.05, 0) is 38.5 Å². The van der Waals surface area contributed by atoms with E-state index >= 15 is 0 Å². The summed E-state index contributed by atoms with van der Waals surface area (Å²) in [6, 6.07) is 9.46. The van der Waals surface area contributed by atoms with Crippen LogP contribution in [0.1, 0.15) is 26.3 Å². The first-order valence-electron chi connectivity index (χ1n) is 10.8. The Morgan fingerprint density at radius 2 is 1.71 bits per heavy atom. The molecule has 0 spiro atoms. The molecule has 1 fully saturated rings. The summed E-state index contributed by atoms with van der Waals surface area (Å²) in [7, 11) is 0.